The first-order chi connectivity index (χ1) is 11.5. The third-order valence-corrected chi connectivity index (χ3v) is 6.12. The van der Waals surface area contributed by atoms with Crippen molar-refractivity contribution in [1.29, 1.82) is 0 Å². The highest BCUT2D eigenvalue weighted by Gasteiger charge is 2.36. The Bertz CT molecular complexity index is 770. The number of ether oxygens (including phenoxy) is 2. The lowest BCUT2D eigenvalue weighted by Gasteiger charge is -2.28. The highest BCUT2D eigenvalue weighted by Crippen LogP contribution is 2.30. The Balaban J connectivity index is 1.93. The van der Waals surface area contributed by atoms with Crippen LogP contribution in [-0.4, -0.2) is 39.1 Å². The molecular weight excluding hydrogens is 326 g/mol. The van der Waals surface area contributed by atoms with Gasteiger partial charge in [0.1, 0.15) is 5.75 Å². The Hall–Kier alpha value is -1.89. The van der Waals surface area contributed by atoms with E-state index in [9.17, 15) is 8.42 Å². The van der Waals surface area contributed by atoms with Crippen LogP contribution in [-0.2, 0) is 14.8 Å². The van der Waals surface area contributed by atoms with Gasteiger partial charge in [-0.2, -0.15) is 4.31 Å². The van der Waals surface area contributed by atoms with E-state index in [1.165, 1.54) is 4.31 Å². The van der Waals surface area contributed by atoms with E-state index in [2.05, 4.69) is 0 Å². The first-order valence-electron chi connectivity index (χ1n) is 7.85. The topological polar surface area (TPSA) is 59.1 Å². The van der Waals surface area contributed by atoms with Gasteiger partial charge in [-0.1, -0.05) is 30.3 Å². The predicted octanol–water partition coefficient (Wildman–Crippen LogP) is 2.85. The van der Waals surface area contributed by atoms with Crippen molar-refractivity contribution in [3.8, 4) is 5.75 Å². The van der Waals surface area contributed by atoms with E-state index >= 15 is 0 Å². The quantitative estimate of drug-likeness (QED) is 0.723. The maximum absolute atomic E-state index is 13.1. The van der Waals surface area contributed by atoms with E-state index in [-0.39, 0.29) is 12.1 Å². The number of hydrogen-bond acceptors (Lipinski definition) is 4. The molecule has 5 nitrogen and oxygen atoms in total. The van der Waals surface area contributed by atoms with Gasteiger partial charge < -0.3 is 9.47 Å². The summed E-state index contributed by atoms with van der Waals surface area (Å²) in [6, 6.07) is 15.7. The molecular formula is C18H21NO4S. The molecule has 2 aromatic rings. The highest BCUT2D eigenvalue weighted by molar-refractivity contribution is 7.89. The average molecular weight is 347 g/mol. The second-order valence-corrected chi connectivity index (χ2v) is 7.68. The summed E-state index contributed by atoms with van der Waals surface area (Å²) in [5, 5.41) is 0. The molecule has 1 fully saturated rings. The minimum absolute atomic E-state index is 0.0239. The zero-order valence-electron chi connectivity index (χ0n) is 13.8. The molecule has 0 aliphatic carbocycles. The molecule has 0 aromatic heterocycles. The lowest BCUT2D eigenvalue weighted by atomic mass is 10.1. The molecule has 2 aromatic carbocycles. The van der Waals surface area contributed by atoms with Crippen molar-refractivity contribution in [1.82, 2.24) is 4.31 Å². The molecule has 128 valence electrons. The van der Waals surface area contributed by atoms with E-state index < -0.39 is 10.0 Å². The molecule has 0 radical (unpaired) electrons. The first-order valence-corrected chi connectivity index (χ1v) is 9.29. The average Bonchev–Trinajstić information content (AvgIpc) is 3.44. The molecule has 0 spiro atoms. The summed E-state index contributed by atoms with van der Waals surface area (Å²) < 4.78 is 38.1. The fourth-order valence-corrected chi connectivity index (χ4v) is 4.29. The Kier molecular flexibility index (Phi) is 4.89. The van der Waals surface area contributed by atoms with Gasteiger partial charge in [-0.25, -0.2) is 8.42 Å². The normalized spacial score (nSPS) is 18.4. The van der Waals surface area contributed by atoms with Gasteiger partial charge in [0.25, 0.3) is 0 Å². The van der Waals surface area contributed by atoms with E-state index in [1.54, 1.807) is 37.4 Å². The number of hydrogen-bond donors (Lipinski definition) is 0. The third kappa shape index (κ3) is 3.61. The molecule has 0 saturated carbocycles. The summed E-state index contributed by atoms with van der Waals surface area (Å²) in [6.07, 6.45) is -0.0239. The largest absolute Gasteiger partial charge is 0.497 e. The first kappa shape index (κ1) is 17.0. The van der Waals surface area contributed by atoms with Gasteiger partial charge in [-0.15, -0.1) is 0 Å². The van der Waals surface area contributed by atoms with Gasteiger partial charge in [0.15, 0.2) is 0 Å². The van der Waals surface area contributed by atoms with Gasteiger partial charge in [0.2, 0.25) is 10.0 Å². The maximum atomic E-state index is 13.1. The minimum atomic E-state index is -3.60. The second kappa shape index (κ2) is 6.93. The Morgan fingerprint density at radius 2 is 1.79 bits per heavy atom. The molecule has 0 amide bonds. The molecule has 2 unspecified atom stereocenters. The van der Waals surface area contributed by atoms with Crippen LogP contribution in [0.15, 0.2) is 59.5 Å². The van der Waals surface area contributed by atoms with Gasteiger partial charge in [-0.05, 0) is 36.8 Å². The van der Waals surface area contributed by atoms with Crippen LogP contribution in [0.5, 0.6) is 5.75 Å². The van der Waals surface area contributed by atoms with Crippen LogP contribution in [0.4, 0.5) is 0 Å². The maximum Gasteiger partial charge on any atom is 0.243 e. The zero-order chi connectivity index (χ0) is 17.2. The Labute approximate surface area is 142 Å². The van der Waals surface area contributed by atoms with Crippen molar-refractivity contribution in [2.75, 3.05) is 20.3 Å². The number of sulfonamides is 1. The predicted molar refractivity (Wildman–Crippen MR) is 91.5 cm³/mol. The molecule has 2 atom stereocenters. The minimum Gasteiger partial charge on any atom is -0.497 e. The summed E-state index contributed by atoms with van der Waals surface area (Å²) in [6.45, 7) is 2.85. The smallest absolute Gasteiger partial charge is 0.243 e. The van der Waals surface area contributed by atoms with Crippen molar-refractivity contribution >= 4 is 10.0 Å². The highest BCUT2D eigenvalue weighted by atomic mass is 32.2. The number of nitrogens with zero attached hydrogens (tertiary/aromatic N) is 1. The van der Waals surface area contributed by atoms with Gasteiger partial charge in [-0.3, -0.25) is 0 Å². The van der Waals surface area contributed by atoms with Crippen molar-refractivity contribution in [2.45, 2.75) is 24.0 Å². The van der Waals surface area contributed by atoms with Crippen LogP contribution < -0.4 is 4.74 Å². The summed E-state index contributed by atoms with van der Waals surface area (Å²) in [5.74, 6) is 0.744. The number of benzene rings is 2. The molecule has 6 heteroatoms. The molecule has 0 N–H and O–H groups in total. The summed E-state index contributed by atoms with van der Waals surface area (Å²) in [7, 11) is -1.99. The number of methoxy groups -OCH3 is 1. The second-order valence-electron chi connectivity index (χ2n) is 5.79. The SMILES string of the molecule is COc1ccc(C(C)N(CC2CO2)S(=O)(=O)c2ccccc2)cc1. The fraction of sp³-hybridized carbons (Fsp3) is 0.333. The molecule has 1 aliphatic heterocycles. The fourth-order valence-electron chi connectivity index (χ4n) is 2.62. The van der Waals surface area contributed by atoms with E-state index in [0.717, 1.165) is 11.3 Å². The lowest BCUT2D eigenvalue weighted by Crippen LogP contribution is -2.36. The third-order valence-electron chi connectivity index (χ3n) is 4.17. The van der Waals surface area contributed by atoms with Crippen LogP contribution in [0.3, 0.4) is 0 Å². The van der Waals surface area contributed by atoms with Crippen molar-refractivity contribution in [2.24, 2.45) is 0 Å². The van der Waals surface area contributed by atoms with Crippen LogP contribution in [0.1, 0.15) is 18.5 Å². The standard InChI is InChI=1S/C18H21NO4S/c1-14(15-8-10-16(22-2)11-9-15)19(12-17-13-23-17)24(20,21)18-6-4-3-5-7-18/h3-11,14,17H,12-13H2,1-2H3. The van der Waals surface area contributed by atoms with Gasteiger partial charge >= 0.3 is 0 Å². The van der Waals surface area contributed by atoms with Crippen molar-refractivity contribution in [3.05, 3.63) is 60.2 Å². The van der Waals surface area contributed by atoms with Crippen molar-refractivity contribution < 1.29 is 17.9 Å². The molecule has 3 rings (SSSR count). The summed E-state index contributed by atoms with van der Waals surface area (Å²) in [5.41, 5.74) is 0.913. The summed E-state index contributed by atoms with van der Waals surface area (Å²) in [4.78, 5) is 0.297. The number of rotatable bonds is 7. The van der Waals surface area contributed by atoms with E-state index in [0.29, 0.717) is 18.0 Å². The monoisotopic (exact) mass is 347 g/mol. The lowest BCUT2D eigenvalue weighted by molar-refractivity contribution is 0.295. The van der Waals surface area contributed by atoms with Crippen LogP contribution in [0, 0.1) is 0 Å². The summed E-state index contributed by atoms with van der Waals surface area (Å²) >= 11 is 0. The van der Waals surface area contributed by atoms with Crippen LogP contribution >= 0.6 is 0 Å². The molecule has 1 saturated heterocycles. The van der Waals surface area contributed by atoms with Crippen LogP contribution in [0.2, 0.25) is 0 Å². The van der Waals surface area contributed by atoms with Gasteiger partial charge in [0, 0.05) is 12.6 Å². The Morgan fingerprint density at radius 1 is 1.17 bits per heavy atom. The van der Waals surface area contributed by atoms with E-state index in [1.807, 2.05) is 31.2 Å². The molecule has 1 aliphatic rings. The molecule has 24 heavy (non-hydrogen) atoms. The molecule has 0 bridgehead atoms. The van der Waals surface area contributed by atoms with Gasteiger partial charge in [0.05, 0.1) is 24.7 Å². The number of epoxide rings is 1. The van der Waals surface area contributed by atoms with Crippen molar-refractivity contribution in [3.63, 3.8) is 0 Å². The Morgan fingerprint density at radius 3 is 2.33 bits per heavy atom. The van der Waals surface area contributed by atoms with Crippen LogP contribution in [0.25, 0.3) is 0 Å². The zero-order valence-corrected chi connectivity index (χ0v) is 14.6. The molecule has 1 heterocycles. The van der Waals surface area contributed by atoms with E-state index in [4.69, 9.17) is 9.47 Å².